The molecule has 0 saturated carbocycles. The van der Waals surface area contributed by atoms with Crippen LogP contribution < -0.4 is 0 Å². The molecule has 0 aliphatic heterocycles. The molecule has 3 nitrogen and oxygen atoms in total. The number of carbonyl (C=O) groups excluding carboxylic acids is 3. The minimum absolute atomic E-state index is 0.229. The van der Waals surface area contributed by atoms with Gasteiger partial charge in [-0.15, -0.1) is 12.6 Å². The first-order chi connectivity index (χ1) is 20.9. The molecule has 254 valence electrons. The van der Waals surface area contributed by atoms with Crippen molar-refractivity contribution >= 4 is 29.3 Å². The molecule has 0 aliphatic rings. The van der Waals surface area contributed by atoms with E-state index in [1.165, 1.54) is 161 Å². The highest BCUT2D eigenvalue weighted by molar-refractivity contribution is 7.96. The van der Waals surface area contributed by atoms with Crippen LogP contribution >= 0.6 is 12.6 Å². The van der Waals surface area contributed by atoms with Crippen LogP contribution in [-0.4, -0.2) is 16.7 Å². The summed E-state index contributed by atoms with van der Waals surface area (Å²) >= 11 is 3.98. The molecule has 43 heavy (non-hydrogen) atoms. The van der Waals surface area contributed by atoms with Crippen molar-refractivity contribution in [2.24, 2.45) is 5.41 Å². The smallest absolute Gasteiger partial charge is 0.206 e. The number of Topliss-reactive ketones (excluding diaryl/α,β-unsaturated/α-hetero) is 2. The number of thiol groups is 1. The molecule has 0 radical (unpaired) electrons. The lowest BCUT2D eigenvalue weighted by atomic mass is 9.78. The highest BCUT2D eigenvalue weighted by Gasteiger charge is 2.44. The lowest BCUT2D eigenvalue weighted by Crippen LogP contribution is -2.41. The summed E-state index contributed by atoms with van der Waals surface area (Å²) in [6.45, 7) is 6.06. The summed E-state index contributed by atoms with van der Waals surface area (Å²) in [4.78, 5) is 38.2. The minimum Gasteiger partial charge on any atom is -0.298 e. The number of hydrogen-bond acceptors (Lipinski definition) is 3. The Bertz CT molecular complexity index is 613. The molecular weight excluding hydrogens is 548 g/mol. The number of hydrogen-bond donors (Lipinski definition) is 1. The van der Waals surface area contributed by atoms with Crippen molar-refractivity contribution in [3.05, 3.63) is 0 Å². The van der Waals surface area contributed by atoms with Gasteiger partial charge in [0.2, 0.25) is 5.12 Å². The monoisotopic (exact) mass is 623 g/mol. The average Bonchev–Trinajstić information content (AvgIpc) is 3.00. The largest absolute Gasteiger partial charge is 0.298 e. The van der Waals surface area contributed by atoms with Crippen molar-refractivity contribution < 1.29 is 14.4 Å². The summed E-state index contributed by atoms with van der Waals surface area (Å²) in [6.07, 6.45) is 38.8. The Hall–Kier alpha value is -0.640. The van der Waals surface area contributed by atoms with Gasteiger partial charge >= 0.3 is 0 Å². The van der Waals surface area contributed by atoms with E-state index in [9.17, 15) is 14.4 Å². The number of rotatable bonds is 35. The summed E-state index contributed by atoms with van der Waals surface area (Å²) in [5.41, 5.74) is -1.56. The molecule has 0 aliphatic carbocycles. The van der Waals surface area contributed by atoms with E-state index in [0.717, 1.165) is 38.5 Å². The highest BCUT2D eigenvalue weighted by Crippen LogP contribution is 2.28. The SMILES string of the molecule is CCCCCCCCCCCCCCCCCC(=O)C(C)(C(=O)S)C(=O)CCCCCCCCCCCCCCCCC. The van der Waals surface area contributed by atoms with Crippen LogP contribution in [0.5, 0.6) is 0 Å². The quantitative estimate of drug-likeness (QED) is 0.0434. The maximum atomic E-state index is 13.0. The lowest BCUT2D eigenvalue weighted by molar-refractivity contribution is -0.144. The van der Waals surface area contributed by atoms with E-state index in [0.29, 0.717) is 12.8 Å². The van der Waals surface area contributed by atoms with E-state index >= 15 is 0 Å². The third-order valence-electron chi connectivity index (χ3n) is 9.56. The molecule has 4 heteroatoms. The van der Waals surface area contributed by atoms with Gasteiger partial charge in [0.15, 0.2) is 17.0 Å². The Balaban J connectivity index is 3.81. The zero-order valence-electron chi connectivity index (χ0n) is 29.3. The van der Waals surface area contributed by atoms with E-state index in [2.05, 4.69) is 26.5 Å². The molecule has 0 amide bonds. The second-order valence-electron chi connectivity index (χ2n) is 13.7. The number of ketones is 2. The van der Waals surface area contributed by atoms with E-state index in [1.54, 1.807) is 0 Å². The summed E-state index contributed by atoms with van der Waals surface area (Å²) in [5.74, 6) is -0.457. The number of carbonyl (C=O) groups is 3. The van der Waals surface area contributed by atoms with Crippen LogP contribution in [-0.2, 0) is 14.4 Å². The van der Waals surface area contributed by atoms with Crippen LogP contribution in [0.2, 0.25) is 0 Å². The van der Waals surface area contributed by atoms with Gasteiger partial charge in [0.1, 0.15) is 0 Å². The first-order valence-electron chi connectivity index (χ1n) is 19.2. The molecular formula is C39H74O3S. The Morgan fingerprint density at radius 1 is 0.372 bits per heavy atom. The van der Waals surface area contributed by atoms with Gasteiger partial charge in [-0.25, -0.2) is 0 Å². The van der Waals surface area contributed by atoms with E-state index in [1.807, 2.05) is 0 Å². The molecule has 0 saturated heterocycles. The fraction of sp³-hybridized carbons (Fsp3) is 0.923. The van der Waals surface area contributed by atoms with Crippen LogP contribution in [0.25, 0.3) is 0 Å². The second-order valence-corrected chi connectivity index (χ2v) is 14.1. The van der Waals surface area contributed by atoms with E-state index < -0.39 is 10.5 Å². The molecule has 0 heterocycles. The molecule has 0 atom stereocenters. The summed E-state index contributed by atoms with van der Waals surface area (Å²) in [7, 11) is 0. The molecule has 0 aromatic heterocycles. The predicted molar refractivity (Wildman–Crippen MR) is 191 cm³/mol. The highest BCUT2D eigenvalue weighted by atomic mass is 32.1. The van der Waals surface area contributed by atoms with Crippen molar-refractivity contribution in [3.63, 3.8) is 0 Å². The van der Waals surface area contributed by atoms with Gasteiger partial charge in [0.25, 0.3) is 0 Å². The van der Waals surface area contributed by atoms with Gasteiger partial charge in [0, 0.05) is 12.8 Å². The summed E-state index contributed by atoms with van der Waals surface area (Å²) in [5, 5.41) is -0.579. The third kappa shape index (κ3) is 24.3. The Morgan fingerprint density at radius 3 is 0.744 bits per heavy atom. The van der Waals surface area contributed by atoms with Gasteiger partial charge in [-0.2, -0.15) is 0 Å². The Morgan fingerprint density at radius 2 is 0.558 bits per heavy atom. The first kappa shape index (κ1) is 42.4. The standard InChI is InChI=1S/C39H74O3S/c1-4-6-8-10-12-14-16-18-20-22-24-26-28-30-32-34-36(40)39(3,38(42)43)37(41)35-33-31-29-27-25-23-21-19-17-15-13-11-9-7-5-2/h4-35H2,1-3H3,(H,42,43). The molecule has 0 spiro atoms. The lowest BCUT2D eigenvalue weighted by Gasteiger charge is -2.23. The molecule has 0 N–H and O–H groups in total. The molecule has 0 aromatic rings. The van der Waals surface area contributed by atoms with Crippen LogP contribution in [0.4, 0.5) is 0 Å². The van der Waals surface area contributed by atoms with Crippen molar-refractivity contribution in [3.8, 4) is 0 Å². The zero-order valence-corrected chi connectivity index (χ0v) is 30.2. The van der Waals surface area contributed by atoms with Crippen LogP contribution in [0.15, 0.2) is 0 Å². The molecule has 0 fully saturated rings. The Kier molecular flexibility index (Phi) is 30.9. The van der Waals surface area contributed by atoms with Crippen molar-refractivity contribution in [2.75, 3.05) is 0 Å². The van der Waals surface area contributed by atoms with Crippen molar-refractivity contribution in [1.29, 1.82) is 0 Å². The van der Waals surface area contributed by atoms with Crippen LogP contribution in [0.3, 0.4) is 0 Å². The molecule has 0 bridgehead atoms. The summed E-state index contributed by atoms with van der Waals surface area (Å²) < 4.78 is 0. The topological polar surface area (TPSA) is 51.2 Å². The van der Waals surface area contributed by atoms with Gasteiger partial charge in [-0.1, -0.05) is 194 Å². The molecule has 0 rings (SSSR count). The fourth-order valence-corrected chi connectivity index (χ4v) is 6.46. The van der Waals surface area contributed by atoms with Gasteiger partial charge in [-0.05, 0) is 19.8 Å². The van der Waals surface area contributed by atoms with Crippen molar-refractivity contribution in [1.82, 2.24) is 0 Å². The van der Waals surface area contributed by atoms with Gasteiger partial charge < -0.3 is 0 Å². The first-order valence-corrected chi connectivity index (χ1v) is 19.7. The molecule has 0 unspecified atom stereocenters. The molecule has 0 aromatic carbocycles. The zero-order chi connectivity index (χ0) is 31.9. The number of unbranched alkanes of at least 4 members (excludes halogenated alkanes) is 28. The van der Waals surface area contributed by atoms with Crippen LogP contribution in [0.1, 0.15) is 226 Å². The van der Waals surface area contributed by atoms with Crippen LogP contribution in [0, 0.1) is 5.41 Å². The third-order valence-corrected chi connectivity index (χ3v) is 10.0. The van der Waals surface area contributed by atoms with Gasteiger partial charge in [-0.3, -0.25) is 14.4 Å². The minimum atomic E-state index is -1.56. The van der Waals surface area contributed by atoms with Gasteiger partial charge in [0.05, 0.1) is 0 Å². The average molecular weight is 623 g/mol. The van der Waals surface area contributed by atoms with Crippen molar-refractivity contribution in [2.45, 2.75) is 226 Å². The fourth-order valence-electron chi connectivity index (χ4n) is 6.21. The normalized spacial score (nSPS) is 11.7. The summed E-state index contributed by atoms with van der Waals surface area (Å²) in [6, 6.07) is 0. The second kappa shape index (κ2) is 31.3. The van der Waals surface area contributed by atoms with E-state index in [4.69, 9.17) is 0 Å². The predicted octanol–water partition coefficient (Wildman–Crippen LogP) is 13.1. The van der Waals surface area contributed by atoms with E-state index in [-0.39, 0.29) is 11.6 Å². The maximum Gasteiger partial charge on any atom is 0.206 e. The Labute approximate surface area is 274 Å². The maximum absolute atomic E-state index is 13.0.